The van der Waals surface area contributed by atoms with E-state index in [9.17, 15) is 29.1 Å². The summed E-state index contributed by atoms with van der Waals surface area (Å²) in [5.41, 5.74) is 12.4. The third-order valence-electron chi connectivity index (χ3n) is 7.26. The van der Waals surface area contributed by atoms with Crippen LogP contribution in [0, 0.1) is 0 Å². The molecule has 0 radical (unpaired) electrons. The molecule has 10 atom stereocenters. The van der Waals surface area contributed by atoms with Crippen molar-refractivity contribution in [2.75, 3.05) is 24.7 Å². The van der Waals surface area contributed by atoms with Gasteiger partial charge in [-0.1, -0.05) is 0 Å². The van der Waals surface area contributed by atoms with Crippen molar-refractivity contribution in [3.63, 3.8) is 0 Å². The highest BCUT2D eigenvalue weighted by atomic mass is 31.2. The number of anilines is 2. The summed E-state index contributed by atoms with van der Waals surface area (Å²) in [5.74, 6) is 0.101. The zero-order valence-electron chi connectivity index (χ0n) is 22.0. The molecule has 3 aliphatic heterocycles. The van der Waals surface area contributed by atoms with E-state index in [1.54, 1.807) is 0 Å². The molecule has 4 aromatic heterocycles. The Hall–Kier alpha value is -3.24. The second-order valence-electron chi connectivity index (χ2n) is 9.95. The number of aliphatic hydroxyl groups excluding tert-OH is 2. The first-order valence-electron chi connectivity index (χ1n) is 12.8. The first-order chi connectivity index (χ1) is 20.9. The summed E-state index contributed by atoms with van der Waals surface area (Å²) >= 11 is 0. The number of nitrogens with two attached hydrogens (primary N) is 2. The molecule has 0 saturated carbocycles. The van der Waals surface area contributed by atoms with Gasteiger partial charge in [0, 0.05) is 0 Å². The van der Waals surface area contributed by atoms with Crippen LogP contribution in [0.15, 0.2) is 25.3 Å². The van der Waals surface area contributed by atoms with Crippen molar-refractivity contribution < 1.29 is 56.7 Å². The third kappa shape index (κ3) is 5.04. The second-order valence-corrected chi connectivity index (χ2v) is 12.8. The van der Waals surface area contributed by atoms with E-state index in [0.29, 0.717) is 0 Å². The minimum absolute atomic E-state index is 0.0507. The zero-order valence-corrected chi connectivity index (χ0v) is 23.8. The summed E-state index contributed by atoms with van der Waals surface area (Å²) in [6, 6.07) is 0. The molecule has 2 unspecified atom stereocenters. The van der Waals surface area contributed by atoms with E-state index in [2.05, 4.69) is 29.9 Å². The van der Waals surface area contributed by atoms with Crippen LogP contribution >= 0.6 is 15.6 Å². The van der Waals surface area contributed by atoms with Gasteiger partial charge in [0.15, 0.2) is 35.4 Å². The van der Waals surface area contributed by atoms with Crippen molar-refractivity contribution in [2.24, 2.45) is 0 Å². The summed E-state index contributed by atoms with van der Waals surface area (Å²) < 4.78 is 61.2. The maximum Gasteiger partial charge on any atom is 0.472 e. The number of rotatable bonds is 2. The largest absolute Gasteiger partial charge is 0.472 e. The van der Waals surface area contributed by atoms with Gasteiger partial charge in [-0.05, 0) is 0 Å². The molecule has 0 spiro atoms. The molecule has 44 heavy (non-hydrogen) atoms. The van der Waals surface area contributed by atoms with Crippen LogP contribution < -0.4 is 11.5 Å². The van der Waals surface area contributed by atoms with Crippen molar-refractivity contribution in [3.8, 4) is 0 Å². The van der Waals surface area contributed by atoms with Crippen molar-refractivity contribution in [2.45, 2.75) is 49.1 Å². The van der Waals surface area contributed by atoms with Gasteiger partial charge in [0.25, 0.3) is 0 Å². The smallest absolute Gasteiger partial charge is 0.386 e. The average Bonchev–Trinajstić information content (AvgIpc) is 3.73. The van der Waals surface area contributed by atoms with Gasteiger partial charge in [-0.3, -0.25) is 27.2 Å². The number of hydrogen-bond donors (Lipinski definition) is 6. The topological polar surface area (TPSA) is 310 Å². The molecule has 24 heteroatoms. The van der Waals surface area contributed by atoms with Crippen LogP contribution in [0.3, 0.4) is 0 Å². The van der Waals surface area contributed by atoms with Crippen LogP contribution in [0.2, 0.25) is 0 Å². The van der Waals surface area contributed by atoms with E-state index < -0.39 is 77.9 Å². The molecule has 0 aromatic carbocycles. The Morgan fingerprint density at radius 1 is 0.705 bits per heavy atom. The highest BCUT2D eigenvalue weighted by molar-refractivity contribution is 7.47. The standard InChI is InChI=1S/C20H24N10O12P2/c21-15-9-17(25-3-23-15)29(5-27-9)19-11(31)13-7(39-19)1-37-43(33,34)42-14-8(2-38-44(35,36)41-13)40-20(12(14)32)30-6-28-10-16(22)24-4-26-18(10)30/h3-8,11-14,19-20,31-32H,1-2H2,(H,33,34)(H,35,36)(H2,21,23,25)(H2,22,24,26)/t7-,8+,11-,12-,13-,14-,19+,20+/m1/s1. The van der Waals surface area contributed by atoms with Crippen molar-refractivity contribution in [1.82, 2.24) is 39.0 Å². The predicted octanol–water partition coefficient (Wildman–Crippen LogP) is -1.63. The van der Waals surface area contributed by atoms with E-state index in [1.165, 1.54) is 21.8 Å². The molecule has 236 valence electrons. The second kappa shape index (κ2) is 10.7. The molecule has 3 fully saturated rings. The number of aromatic nitrogens is 8. The number of phosphoric acid groups is 2. The fourth-order valence-corrected chi connectivity index (χ4v) is 7.17. The molecule has 7 rings (SSSR count). The number of phosphoric ester groups is 2. The highest BCUT2D eigenvalue weighted by Gasteiger charge is 2.54. The van der Waals surface area contributed by atoms with Gasteiger partial charge in [-0.25, -0.2) is 39.0 Å². The van der Waals surface area contributed by atoms with Gasteiger partial charge in [0.05, 0.1) is 25.9 Å². The number of aliphatic hydroxyl groups is 2. The number of nitrogen functional groups attached to an aromatic ring is 2. The first-order valence-corrected chi connectivity index (χ1v) is 15.8. The quantitative estimate of drug-likeness (QED) is 0.132. The van der Waals surface area contributed by atoms with Crippen molar-refractivity contribution >= 4 is 49.6 Å². The monoisotopic (exact) mass is 658 g/mol. The van der Waals surface area contributed by atoms with Crippen LogP contribution in [0.25, 0.3) is 22.3 Å². The molecule has 0 aliphatic carbocycles. The number of hydrogen-bond acceptors (Lipinski definition) is 18. The molecule has 22 nitrogen and oxygen atoms in total. The van der Waals surface area contributed by atoms with Crippen molar-refractivity contribution in [3.05, 3.63) is 25.3 Å². The van der Waals surface area contributed by atoms with Crippen LogP contribution in [0.4, 0.5) is 11.6 Å². The SMILES string of the molecule is Nc1ncnc2c1ncn2[C@H]1O[C@H]2COP(=O)(O)O[C@H]3[C@@H](O)[C@@H](n4cnc5c(N)ncnc54)O[C@@H]3COP(=O)(O)O[C@H]2[C@H]1O. The fourth-order valence-electron chi connectivity index (χ4n) is 5.24. The van der Waals surface area contributed by atoms with Gasteiger partial charge < -0.3 is 40.9 Å². The summed E-state index contributed by atoms with van der Waals surface area (Å²) in [4.78, 5) is 45.3. The maximum atomic E-state index is 13.1. The summed E-state index contributed by atoms with van der Waals surface area (Å²) in [6.07, 6.45) is -7.30. The number of ether oxygens (including phenoxy) is 2. The summed E-state index contributed by atoms with van der Waals surface area (Å²) in [7, 11) is -10.0. The Morgan fingerprint density at radius 3 is 1.52 bits per heavy atom. The number of fused-ring (bicyclic) bond motifs is 4. The molecule has 4 aromatic rings. The lowest BCUT2D eigenvalue weighted by atomic mass is 10.1. The van der Waals surface area contributed by atoms with Gasteiger partial charge in [0.1, 0.15) is 60.3 Å². The van der Waals surface area contributed by atoms with E-state index in [1.807, 2.05) is 0 Å². The molecular formula is C20H24N10O12P2. The van der Waals surface area contributed by atoms with E-state index >= 15 is 0 Å². The first kappa shape index (κ1) is 29.5. The van der Waals surface area contributed by atoms with E-state index in [4.69, 9.17) is 39.0 Å². The summed E-state index contributed by atoms with van der Waals surface area (Å²) in [5, 5.41) is 22.2. The van der Waals surface area contributed by atoms with Gasteiger partial charge in [-0.2, -0.15) is 0 Å². The number of nitrogens with zero attached hydrogens (tertiary/aromatic N) is 8. The van der Waals surface area contributed by atoms with Crippen LogP contribution in [0.5, 0.6) is 0 Å². The number of imidazole rings is 2. The Balaban J connectivity index is 1.17. The normalized spacial score (nSPS) is 38.3. The van der Waals surface area contributed by atoms with Crippen LogP contribution in [0.1, 0.15) is 12.5 Å². The lowest BCUT2D eigenvalue weighted by Gasteiger charge is -2.27. The molecular weight excluding hydrogens is 634 g/mol. The van der Waals surface area contributed by atoms with Gasteiger partial charge >= 0.3 is 15.6 Å². The van der Waals surface area contributed by atoms with Gasteiger partial charge in [0.2, 0.25) is 0 Å². The van der Waals surface area contributed by atoms with E-state index in [0.717, 1.165) is 12.7 Å². The molecule has 7 heterocycles. The summed E-state index contributed by atoms with van der Waals surface area (Å²) in [6.45, 7) is -1.56. The lowest BCUT2D eigenvalue weighted by molar-refractivity contribution is -0.0664. The zero-order chi connectivity index (χ0) is 31.0. The van der Waals surface area contributed by atoms with Crippen molar-refractivity contribution in [1.29, 1.82) is 0 Å². The Labute approximate surface area is 244 Å². The molecule has 8 N–H and O–H groups in total. The Kier molecular flexibility index (Phi) is 7.16. The molecule has 3 aliphatic rings. The van der Waals surface area contributed by atoms with Gasteiger partial charge in [-0.15, -0.1) is 0 Å². The third-order valence-corrected chi connectivity index (χ3v) is 9.23. The van der Waals surface area contributed by atoms with E-state index in [-0.39, 0.29) is 34.0 Å². The average molecular weight is 658 g/mol. The minimum Gasteiger partial charge on any atom is -0.386 e. The maximum absolute atomic E-state index is 13.1. The predicted molar refractivity (Wildman–Crippen MR) is 141 cm³/mol. The molecule has 0 bridgehead atoms. The Morgan fingerprint density at radius 2 is 1.11 bits per heavy atom. The fraction of sp³-hybridized carbons (Fsp3) is 0.500. The molecule has 3 saturated heterocycles. The highest BCUT2D eigenvalue weighted by Crippen LogP contribution is 2.53. The lowest BCUT2D eigenvalue weighted by Crippen LogP contribution is -2.39. The Bertz CT molecular complexity index is 1690. The van der Waals surface area contributed by atoms with Crippen LogP contribution in [-0.2, 0) is 36.7 Å². The van der Waals surface area contributed by atoms with Crippen LogP contribution in [-0.4, -0.2) is 109 Å². The molecule has 0 amide bonds. The minimum atomic E-state index is -5.00.